The predicted octanol–water partition coefficient (Wildman–Crippen LogP) is 6.85. The van der Waals surface area contributed by atoms with Gasteiger partial charge < -0.3 is 5.32 Å². The predicted molar refractivity (Wildman–Crippen MR) is 164 cm³/mol. The van der Waals surface area contributed by atoms with Crippen molar-refractivity contribution in [3.05, 3.63) is 94.9 Å². The number of rotatable bonds is 8. The normalized spacial score (nSPS) is 13.7. The summed E-state index contributed by atoms with van der Waals surface area (Å²) < 4.78 is 29.0. The number of thiophene rings is 1. The molecule has 0 unspecified atom stereocenters. The monoisotopic (exact) mass is 588 g/mol. The van der Waals surface area contributed by atoms with Gasteiger partial charge in [0.15, 0.2) is 0 Å². The molecule has 6 rings (SSSR count). The molecule has 2 N–H and O–H groups in total. The quantitative estimate of drug-likeness (QED) is 0.207. The molecule has 1 aliphatic heterocycles. The van der Waals surface area contributed by atoms with E-state index in [-0.39, 0.29) is 10.8 Å². The minimum absolute atomic E-state index is 0.179. The van der Waals surface area contributed by atoms with Crippen LogP contribution in [0.25, 0.3) is 20.8 Å². The van der Waals surface area contributed by atoms with Crippen molar-refractivity contribution in [2.45, 2.75) is 31.2 Å². The van der Waals surface area contributed by atoms with Gasteiger partial charge in [-0.2, -0.15) is 0 Å². The third-order valence-electron chi connectivity index (χ3n) is 6.86. The van der Waals surface area contributed by atoms with E-state index in [1.54, 1.807) is 65.1 Å². The van der Waals surface area contributed by atoms with Crippen LogP contribution in [0.3, 0.4) is 0 Å². The summed E-state index contributed by atoms with van der Waals surface area (Å²) in [6.07, 6.45) is 2.02. The first-order valence-corrected chi connectivity index (χ1v) is 16.2. The highest BCUT2D eigenvalue weighted by atomic mass is 32.2. The number of benzene rings is 3. The number of hydrogen-bond donors (Lipinski definition) is 2. The second kappa shape index (κ2) is 11.1. The number of nitrogens with one attached hydrogen (secondary N) is 2. The lowest BCUT2D eigenvalue weighted by Gasteiger charge is -2.26. The summed E-state index contributed by atoms with van der Waals surface area (Å²) in [6, 6.07) is 22.8. The Morgan fingerprint density at radius 3 is 2.48 bits per heavy atom. The number of para-hydroxylation sites is 1. The van der Waals surface area contributed by atoms with Crippen LogP contribution in [0.4, 0.5) is 10.7 Å². The van der Waals surface area contributed by atoms with Crippen LogP contribution in [0, 0.1) is 0 Å². The number of aromatic nitrogens is 1. The van der Waals surface area contributed by atoms with Crippen molar-refractivity contribution in [1.29, 1.82) is 0 Å². The van der Waals surface area contributed by atoms with Crippen LogP contribution in [0.1, 0.15) is 34.1 Å². The Kier molecular flexibility index (Phi) is 7.41. The van der Waals surface area contributed by atoms with E-state index >= 15 is 0 Å². The summed E-state index contributed by atoms with van der Waals surface area (Å²) in [5.41, 5.74) is 4.09. The highest BCUT2D eigenvalue weighted by Crippen LogP contribution is 2.45. The van der Waals surface area contributed by atoms with Crippen LogP contribution in [-0.4, -0.2) is 37.3 Å². The topological polar surface area (TPSA) is 91.4 Å². The zero-order chi connectivity index (χ0) is 27.7. The highest BCUT2D eigenvalue weighted by molar-refractivity contribution is 7.92. The molecular formula is C30H28N4O3S3. The Bertz CT molecular complexity index is 1750. The van der Waals surface area contributed by atoms with Crippen LogP contribution in [0.2, 0.25) is 0 Å². The van der Waals surface area contributed by atoms with Crippen LogP contribution in [0.15, 0.2) is 83.8 Å². The summed E-state index contributed by atoms with van der Waals surface area (Å²) in [4.78, 5) is 22.2. The second-order valence-electron chi connectivity index (χ2n) is 9.67. The van der Waals surface area contributed by atoms with Crippen LogP contribution >= 0.6 is 22.7 Å². The fourth-order valence-corrected chi connectivity index (χ4v) is 8.41. The van der Waals surface area contributed by atoms with E-state index in [0.29, 0.717) is 11.3 Å². The lowest BCUT2D eigenvalue weighted by atomic mass is 10.0. The van der Waals surface area contributed by atoms with Gasteiger partial charge in [0.1, 0.15) is 10.0 Å². The Labute approximate surface area is 241 Å². The summed E-state index contributed by atoms with van der Waals surface area (Å²) >= 11 is 3.28. The molecule has 3 aromatic carbocycles. The minimum Gasteiger partial charge on any atom is -0.313 e. The highest BCUT2D eigenvalue weighted by Gasteiger charge is 2.27. The van der Waals surface area contributed by atoms with Crippen molar-refractivity contribution in [2.24, 2.45) is 0 Å². The van der Waals surface area contributed by atoms with Gasteiger partial charge in [-0.3, -0.25) is 14.4 Å². The molecule has 40 heavy (non-hydrogen) atoms. The number of hydrogen-bond acceptors (Lipinski definition) is 7. The Balaban J connectivity index is 1.27. The number of fused-ring (bicyclic) bond motifs is 2. The molecule has 2 aromatic heterocycles. The average molecular weight is 589 g/mol. The molecule has 3 heterocycles. The average Bonchev–Trinajstić information content (AvgIpc) is 3.54. The molecule has 0 atom stereocenters. The molecule has 7 nitrogen and oxygen atoms in total. The first-order valence-electron chi connectivity index (χ1n) is 13.1. The molecule has 0 spiro atoms. The number of amides is 1. The molecule has 0 bridgehead atoms. The van der Waals surface area contributed by atoms with Gasteiger partial charge in [0.05, 0.1) is 15.1 Å². The molecule has 0 fully saturated rings. The van der Waals surface area contributed by atoms with Crippen molar-refractivity contribution >= 4 is 59.5 Å². The number of thiazole rings is 1. The van der Waals surface area contributed by atoms with Gasteiger partial charge in [-0.25, -0.2) is 13.4 Å². The van der Waals surface area contributed by atoms with Gasteiger partial charge in [-0.05, 0) is 73.5 Å². The van der Waals surface area contributed by atoms with E-state index in [9.17, 15) is 13.2 Å². The zero-order valence-corrected chi connectivity index (χ0v) is 24.3. The van der Waals surface area contributed by atoms with Crippen LogP contribution in [0.5, 0.6) is 0 Å². The van der Waals surface area contributed by atoms with E-state index in [2.05, 4.69) is 27.9 Å². The standard InChI is InChI=1S/C30H28N4O3S3/c1-2-17-34-18-16-23-26(19-34)39-30(27(23)29-31-24-10-6-7-11-25(24)38-29)32-28(35)20-12-14-21(15-13-20)33-40(36,37)22-8-4-3-5-9-22/h3-15,33H,2,16-19H2,1H3,(H,32,35). The molecule has 204 valence electrons. The van der Waals surface area contributed by atoms with Crippen molar-refractivity contribution in [2.75, 3.05) is 23.1 Å². The van der Waals surface area contributed by atoms with Gasteiger partial charge in [0, 0.05) is 34.8 Å². The van der Waals surface area contributed by atoms with E-state index in [4.69, 9.17) is 4.98 Å². The molecule has 0 radical (unpaired) electrons. The maximum atomic E-state index is 13.4. The number of sulfonamides is 1. The number of anilines is 2. The second-order valence-corrected chi connectivity index (χ2v) is 13.5. The van der Waals surface area contributed by atoms with Crippen molar-refractivity contribution in [3.8, 4) is 10.6 Å². The number of carbonyl (C=O) groups excluding carboxylic acids is 1. The molecule has 0 saturated carbocycles. The maximum Gasteiger partial charge on any atom is 0.261 e. The van der Waals surface area contributed by atoms with Crippen molar-refractivity contribution in [1.82, 2.24) is 9.88 Å². The third-order valence-corrected chi connectivity index (χ3v) is 10.4. The fraction of sp³-hybridized carbons (Fsp3) is 0.200. The summed E-state index contributed by atoms with van der Waals surface area (Å²) in [5, 5.41) is 4.88. The molecule has 0 aliphatic carbocycles. The molecule has 1 aliphatic rings. The van der Waals surface area contributed by atoms with Crippen molar-refractivity contribution < 1.29 is 13.2 Å². The van der Waals surface area contributed by atoms with Crippen LogP contribution < -0.4 is 10.0 Å². The summed E-state index contributed by atoms with van der Waals surface area (Å²) in [7, 11) is -3.71. The van der Waals surface area contributed by atoms with Crippen LogP contribution in [-0.2, 0) is 23.0 Å². The van der Waals surface area contributed by atoms with Gasteiger partial charge in [-0.1, -0.05) is 37.3 Å². The summed E-state index contributed by atoms with van der Waals surface area (Å²) in [6.45, 7) is 5.11. The largest absolute Gasteiger partial charge is 0.313 e. The lowest BCUT2D eigenvalue weighted by Crippen LogP contribution is -2.30. The molecule has 0 saturated heterocycles. The fourth-order valence-electron chi connectivity index (χ4n) is 4.94. The molecule has 5 aromatic rings. The minimum atomic E-state index is -3.71. The number of nitrogens with zero attached hydrogens (tertiary/aromatic N) is 2. The summed E-state index contributed by atoms with van der Waals surface area (Å²) in [5.74, 6) is -0.246. The first-order chi connectivity index (χ1) is 19.4. The van der Waals surface area contributed by atoms with Gasteiger partial charge in [0.2, 0.25) is 0 Å². The number of carbonyl (C=O) groups is 1. The van der Waals surface area contributed by atoms with E-state index in [0.717, 1.165) is 58.3 Å². The maximum absolute atomic E-state index is 13.4. The Hall–Kier alpha value is -3.57. The molecular weight excluding hydrogens is 561 g/mol. The zero-order valence-electron chi connectivity index (χ0n) is 21.9. The Morgan fingerprint density at radius 1 is 0.975 bits per heavy atom. The van der Waals surface area contributed by atoms with E-state index in [1.165, 1.54) is 22.6 Å². The Morgan fingerprint density at radius 2 is 1.73 bits per heavy atom. The first kappa shape index (κ1) is 26.6. The molecule has 1 amide bonds. The van der Waals surface area contributed by atoms with E-state index < -0.39 is 10.0 Å². The SMILES string of the molecule is CCCN1CCc2c(sc(NC(=O)c3ccc(NS(=O)(=O)c4ccccc4)cc3)c2-c2nc3ccccc3s2)C1. The smallest absolute Gasteiger partial charge is 0.261 e. The van der Waals surface area contributed by atoms with Crippen molar-refractivity contribution in [3.63, 3.8) is 0 Å². The lowest BCUT2D eigenvalue weighted by molar-refractivity contribution is 0.102. The van der Waals surface area contributed by atoms with Gasteiger partial charge in [0.25, 0.3) is 15.9 Å². The van der Waals surface area contributed by atoms with Gasteiger partial charge in [-0.15, -0.1) is 22.7 Å². The van der Waals surface area contributed by atoms with E-state index in [1.807, 2.05) is 18.2 Å². The van der Waals surface area contributed by atoms with Gasteiger partial charge >= 0.3 is 0 Å². The third kappa shape index (κ3) is 5.40. The molecule has 10 heteroatoms.